The van der Waals surface area contributed by atoms with Crippen molar-refractivity contribution in [2.75, 3.05) is 5.48 Å². The Hall–Kier alpha value is -1.87. The topological polar surface area (TPSA) is 38.3 Å². The number of rotatable bonds is 3. The van der Waals surface area contributed by atoms with Crippen molar-refractivity contribution < 1.29 is 9.63 Å². The van der Waals surface area contributed by atoms with Gasteiger partial charge >= 0.3 is 0 Å². The van der Waals surface area contributed by atoms with Crippen LogP contribution in [0, 0.1) is 5.92 Å². The van der Waals surface area contributed by atoms with Crippen molar-refractivity contribution in [3.05, 3.63) is 54.1 Å². The number of carbonyl (C=O) groups excluding carboxylic acids is 1. The molecule has 1 fully saturated rings. The Morgan fingerprint density at radius 3 is 2.89 bits per heavy atom. The van der Waals surface area contributed by atoms with E-state index in [1.807, 2.05) is 42.5 Å². The van der Waals surface area contributed by atoms with Gasteiger partial charge in [-0.1, -0.05) is 36.4 Å². The van der Waals surface area contributed by atoms with E-state index in [1.54, 1.807) is 0 Å². The second-order valence-electron chi connectivity index (χ2n) is 5.00. The number of benzene rings is 1. The van der Waals surface area contributed by atoms with Crippen LogP contribution in [0.3, 0.4) is 0 Å². The van der Waals surface area contributed by atoms with Crippen LogP contribution >= 0.6 is 0 Å². The third-order valence-electron chi connectivity index (χ3n) is 3.72. The summed E-state index contributed by atoms with van der Waals surface area (Å²) in [6.45, 7) is 0. The van der Waals surface area contributed by atoms with Crippen LogP contribution in [-0.2, 0) is 9.63 Å². The van der Waals surface area contributed by atoms with Crippen molar-refractivity contribution in [1.29, 1.82) is 0 Å². The minimum absolute atomic E-state index is 0.168. The summed E-state index contributed by atoms with van der Waals surface area (Å²) in [7, 11) is 0. The molecule has 98 valence electrons. The summed E-state index contributed by atoms with van der Waals surface area (Å²) in [4.78, 5) is 17.7. The van der Waals surface area contributed by atoms with Gasteiger partial charge in [-0.25, -0.2) is 0 Å². The van der Waals surface area contributed by atoms with E-state index in [-0.39, 0.29) is 5.78 Å². The molecule has 0 bridgehead atoms. The van der Waals surface area contributed by atoms with E-state index < -0.39 is 6.10 Å². The van der Waals surface area contributed by atoms with E-state index >= 15 is 0 Å². The van der Waals surface area contributed by atoms with Crippen LogP contribution in [-0.4, -0.2) is 11.9 Å². The first kappa shape index (κ1) is 12.2. The lowest BCUT2D eigenvalue weighted by Crippen LogP contribution is -2.36. The van der Waals surface area contributed by atoms with Crippen molar-refractivity contribution in [2.45, 2.75) is 25.4 Å². The second-order valence-corrected chi connectivity index (χ2v) is 5.00. The van der Waals surface area contributed by atoms with Crippen molar-refractivity contribution in [1.82, 2.24) is 0 Å². The lowest BCUT2D eigenvalue weighted by Gasteiger charge is -2.32. The Morgan fingerprint density at radius 1 is 1.21 bits per heavy atom. The number of para-hydroxylation sites is 1. The molecule has 0 amide bonds. The molecule has 2 aliphatic rings. The molecule has 1 N–H and O–H groups in total. The van der Waals surface area contributed by atoms with Crippen LogP contribution < -0.4 is 5.48 Å². The highest BCUT2D eigenvalue weighted by atomic mass is 16.7. The van der Waals surface area contributed by atoms with E-state index in [4.69, 9.17) is 4.84 Å². The van der Waals surface area contributed by atoms with Crippen molar-refractivity contribution >= 4 is 11.5 Å². The number of carbonyl (C=O) groups is 1. The van der Waals surface area contributed by atoms with E-state index in [2.05, 4.69) is 11.6 Å². The maximum Gasteiger partial charge on any atom is 0.168 e. The van der Waals surface area contributed by atoms with E-state index in [9.17, 15) is 4.79 Å². The maximum absolute atomic E-state index is 12.0. The number of nitrogens with one attached hydrogen (secondary N) is 1. The standard InChI is InChI=1S/C16H17NO2/c18-15-11-10-12-6-4-5-9-14(12)16(15)19-17-13-7-2-1-3-8-13/h1-5,7-9,12,16-17H,6,10-11H2. The van der Waals surface area contributed by atoms with Crippen molar-refractivity contribution in [2.24, 2.45) is 5.92 Å². The highest BCUT2D eigenvalue weighted by Crippen LogP contribution is 2.34. The van der Waals surface area contributed by atoms with E-state index in [0.29, 0.717) is 12.3 Å². The maximum atomic E-state index is 12.0. The first-order valence-electron chi connectivity index (χ1n) is 6.70. The summed E-state index contributed by atoms with van der Waals surface area (Å²) in [5, 5.41) is 0. The van der Waals surface area contributed by atoms with Gasteiger partial charge in [0.2, 0.25) is 0 Å². The molecule has 0 heterocycles. The molecule has 1 aromatic rings. The summed E-state index contributed by atoms with van der Waals surface area (Å²) in [5.41, 5.74) is 4.87. The average Bonchev–Trinajstić information content (AvgIpc) is 2.47. The molecule has 0 spiro atoms. The Bertz CT molecular complexity index is 519. The summed E-state index contributed by atoms with van der Waals surface area (Å²) in [6.07, 6.45) is 8.34. The first-order valence-corrected chi connectivity index (χ1v) is 6.70. The monoisotopic (exact) mass is 255 g/mol. The molecule has 3 rings (SSSR count). The van der Waals surface area contributed by atoms with Crippen molar-refractivity contribution in [3.8, 4) is 0 Å². The number of fused-ring (bicyclic) bond motifs is 1. The van der Waals surface area contributed by atoms with Gasteiger partial charge in [-0.2, -0.15) is 0 Å². The molecule has 2 atom stereocenters. The van der Waals surface area contributed by atoms with Gasteiger partial charge in [0.05, 0.1) is 5.69 Å². The molecule has 1 aromatic carbocycles. The molecule has 0 radical (unpaired) electrons. The van der Waals surface area contributed by atoms with Gasteiger partial charge in [0.1, 0.15) is 0 Å². The molecule has 1 saturated carbocycles. The average molecular weight is 255 g/mol. The Kier molecular flexibility index (Phi) is 3.47. The smallest absolute Gasteiger partial charge is 0.168 e. The number of anilines is 1. The number of Topliss-reactive ketones (excluding diaryl/α,β-unsaturated/α-hetero) is 1. The molecule has 0 aromatic heterocycles. The molecule has 0 saturated heterocycles. The lowest BCUT2D eigenvalue weighted by molar-refractivity contribution is -0.129. The van der Waals surface area contributed by atoms with Crippen LogP contribution in [0.1, 0.15) is 19.3 Å². The fourth-order valence-electron chi connectivity index (χ4n) is 2.68. The fraction of sp³-hybridized carbons (Fsp3) is 0.312. The zero-order chi connectivity index (χ0) is 13.1. The van der Waals surface area contributed by atoms with E-state index in [1.165, 1.54) is 0 Å². The normalized spacial score (nSPS) is 25.7. The summed E-state index contributed by atoms with van der Waals surface area (Å²) in [5.74, 6) is 0.631. The van der Waals surface area contributed by atoms with Crippen LogP contribution in [0.15, 0.2) is 54.1 Å². The number of allylic oxidation sites excluding steroid dienone is 3. The molecule has 2 aliphatic carbocycles. The minimum Gasteiger partial charge on any atom is -0.296 e. The van der Waals surface area contributed by atoms with Gasteiger partial charge < -0.3 is 0 Å². The minimum atomic E-state index is -0.441. The molecular formula is C16H17NO2. The van der Waals surface area contributed by atoms with Crippen LogP contribution in [0.4, 0.5) is 5.69 Å². The van der Waals surface area contributed by atoms with Gasteiger partial charge in [0.25, 0.3) is 0 Å². The number of hydrogen-bond acceptors (Lipinski definition) is 3. The van der Waals surface area contributed by atoms with Gasteiger partial charge in [-0.15, -0.1) is 0 Å². The molecule has 0 aliphatic heterocycles. The largest absolute Gasteiger partial charge is 0.296 e. The SMILES string of the molecule is O=C1CCC2CC=CC=C2C1ONc1ccccc1. The Balaban J connectivity index is 1.72. The van der Waals surface area contributed by atoms with Gasteiger partial charge in [0.15, 0.2) is 11.9 Å². The number of ketones is 1. The number of hydrogen-bond donors (Lipinski definition) is 1. The van der Waals surface area contributed by atoms with Crippen molar-refractivity contribution in [3.63, 3.8) is 0 Å². The van der Waals surface area contributed by atoms with Gasteiger partial charge in [-0.05, 0) is 36.5 Å². The van der Waals surface area contributed by atoms with E-state index in [0.717, 1.165) is 24.1 Å². The zero-order valence-corrected chi connectivity index (χ0v) is 10.7. The quantitative estimate of drug-likeness (QED) is 0.842. The molecule has 3 nitrogen and oxygen atoms in total. The molecule has 2 unspecified atom stereocenters. The van der Waals surface area contributed by atoms with Crippen LogP contribution in [0.5, 0.6) is 0 Å². The molecule has 3 heteroatoms. The Morgan fingerprint density at radius 2 is 2.05 bits per heavy atom. The highest BCUT2D eigenvalue weighted by Gasteiger charge is 2.34. The van der Waals surface area contributed by atoms with Gasteiger partial charge in [0, 0.05) is 6.42 Å². The predicted octanol–water partition coefficient (Wildman–Crippen LogP) is 3.26. The molecular weight excluding hydrogens is 238 g/mol. The highest BCUT2D eigenvalue weighted by molar-refractivity contribution is 5.87. The third-order valence-corrected chi connectivity index (χ3v) is 3.72. The second kappa shape index (κ2) is 5.41. The lowest BCUT2D eigenvalue weighted by atomic mass is 9.77. The fourth-order valence-corrected chi connectivity index (χ4v) is 2.68. The van der Waals surface area contributed by atoms with Crippen LogP contribution in [0.25, 0.3) is 0 Å². The van der Waals surface area contributed by atoms with Crippen LogP contribution in [0.2, 0.25) is 0 Å². The summed E-state index contributed by atoms with van der Waals surface area (Å²) < 4.78 is 0. The third kappa shape index (κ3) is 2.61. The summed E-state index contributed by atoms with van der Waals surface area (Å²) >= 11 is 0. The molecule has 19 heavy (non-hydrogen) atoms. The first-order chi connectivity index (χ1) is 9.34. The van der Waals surface area contributed by atoms with Gasteiger partial charge in [-0.3, -0.25) is 15.1 Å². The summed E-state index contributed by atoms with van der Waals surface area (Å²) in [6, 6.07) is 9.64. The Labute approximate surface area is 112 Å². The predicted molar refractivity (Wildman–Crippen MR) is 74.5 cm³/mol. The zero-order valence-electron chi connectivity index (χ0n) is 10.7.